The molecule has 5 heteroatoms. The summed E-state index contributed by atoms with van der Waals surface area (Å²) < 4.78 is 12.0. The minimum atomic E-state index is -0.172. The van der Waals surface area contributed by atoms with Crippen molar-refractivity contribution < 1.29 is 14.3 Å². The molecular weight excluding hydrogens is 382 g/mol. The van der Waals surface area contributed by atoms with Gasteiger partial charge >= 0.3 is 0 Å². The van der Waals surface area contributed by atoms with E-state index in [0.29, 0.717) is 18.9 Å². The van der Waals surface area contributed by atoms with Gasteiger partial charge in [0.2, 0.25) is 0 Å². The van der Waals surface area contributed by atoms with Crippen LogP contribution in [0.15, 0.2) is 53.0 Å². The van der Waals surface area contributed by atoms with E-state index >= 15 is 0 Å². The number of carbonyl (C=O) groups is 1. The molecule has 1 N–H and O–H groups in total. The average molecular weight is 406 g/mol. The lowest BCUT2D eigenvalue weighted by Gasteiger charge is -2.19. The summed E-state index contributed by atoms with van der Waals surface area (Å²) in [6, 6.07) is 15.4. The third-order valence-electron chi connectivity index (χ3n) is 3.60. The van der Waals surface area contributed by atoms with Crippen LogP contribution in [0.3, 0.4) is 0 Å². The highest BCUT2D eigenvalue weighted by Gasteiger charge is 2.12. The van der Waals surface area contributed by atoms with Crippen LogP contribution in [-0.4, -0.2) is 25.7 Å². The van der Waals surface area contributed by atoms with E-state index in [1.54, 1.807) is 0 Å². The zero-order chi connectivity index (χ0) is 18.3. The molecule has 0 atom stereocenters. The van der Waals surface area contributed by atoms with Gasteiger partial charge in [0.15, 0.2) is 6.61 Å². The van der Waals surface area contributed by atoms with Gasteiger partial charge in [-0.05, 0) is 47.4 Å². The zero-order valence-corrected chi connectivity index (χ0v) is 16.4. The molecule has 0 radical (unpaired) electrons. The molecule has 1 amide bonds. The summed E-state index contributed by atoms with van der Waals surface area (Å²) in [6.07, 6.45) is 0. The van der Waals surface area contributed by atoms with E-state index in [1.807, 2.05) is 36.4 Å². The number of amides is 1. The molecule has 0 saturated carbocycles. The second kappa shape index (κ2) is 8.90. The molecule has 0 saturated heterocycles. The predicted molar refractivity (Wildman–Crippen MR) is 103 cm³/mol. The standard InChI is InChI=1S/C20H24BrNO3/c1-20(2,3)15-4-8-17(9-5-15)24-13-12-22-19(23)14-25-18-10-6-16(21)7-11-18/h4-11H,12-14H2,1-3H3,(H,22,23). The van der Waals surface area contributed by atoms with Crippen molar-refractivity contribution >= 4 is 21.8 Å². The van der Waals surface area contributed by atoms with Gasteiger partial charge in [-0.1, -0.05) is 48.8 Å². The van der Waals surface area contributed by atoms with Crippen LogP contribution in [0.25, 0.3) is 0 Å². The average Bonchev–Trinajstić information content (AvgIpc) is 2.58. The van der Waals surface area contributed by atoms with Gasteiger partial charge in [0.05, 0.1) is 6.54 Å². The summed E-state index contributed by atoms with van der Waals surface area (Å²) in [4.78, 5) is 11.7. The smallest absolute Gasteiger partial charge is 0.258 e. The summed E-state index contributed by atoms with van der Waals surface area (Å²) in [5.41, 5.74) is 1.39. The van der Waals surface area contributed by atoms with Gasteiger partial charge in [-0.2, -0.15) is 0 Å². The Labute approximate surface area is 157 Å². The minimum Gasteiger partial charge on any atom is -0.492 e. The lowest BCUT2D eigenvalue weighted by Crippen LogP contribution is -2.32. The van der Waals surface area contributed by atoms with Crippen LogP contribution in [-0.2, 0) is 10.2 Å². The van der Waals surface area contributed by atoms with Crippen LogP contribution in [0.4, 0.5) is 0 Å². The number of carbonyl (C=O) groups excluding carboxylic acids is 1. The molecule has 0 spiro atoms. The molecule has 0 heterocycles. The first-order valence-electron chi connectivity index (χ1n) is 8.23. The van der Waals surface area contributed by atoms with Gasteiger partial charge in [0.25, 0.3) is 5.91 Å². The van der Waals surface area contributed by atoms with Crippen LogP contribution in [0.2, 0.25) is 0 Å². The number of hydrogen-bond donors (Lipinski definition) is 1. The van der Waals surface area contributed by atoms with Crippen molar-refractivity contribution in [2.24, 2.45) is 0 Å². The molecule has 25 heavy (non-hydrogen) atoms. The zero-order valence-electron chi connectivity index (χ0n) is 14.8. The highest BCUT2D eigenvalue weighted by atomic mass is 79.9. The number of nitrogens with one attached hydrogen (secondary N) is 1. The highest BCUT2D eigenvalue weighted by molar-refractivity contribution is 9.10. The number of benzene rings is 2. The molecule has 4 nitrogen and oxygen atoms in total. The minimum absolute atomic E-state index is 0.0120. The molecule has 2 rings (SSSR count). The first kappa shape index (κ1) is 19.3. The van der Waals surface area contributed by atoms with Crippen molar-refractivity contribution in [2.45, 2.75) is 26.2 Å². The Hall–Kier alpha value is -2.01. The van der Waals surface area contributed by atoms with Crippen LogP contribution in [0, 0.1) is 0 Å². The summed E-state index contributed by atoms with van der Waals surface area (Å²) in [6.45, 7) is 7.36. The van der Waals surface area contributed by atoms with E-state index in [9.17, 15) is 4.79 Å². The van der Waals surface area contributed by atoms with Crippen molar-refractivity contribution in [3.05, 3.63) is 58.6 Å². The topological polar surface area (TPSA) is 47.6 Å². The van der Waals surface area contributed by atoms with E-state index in [-0.39, 0.29) is 17.9 Å². The van der Waals surface area contributed by atoms with Crippen molar-refractivity contribution in [1.29, 1.82) is 0 Å². The maximum absolute atomic E-state index is 11.7. The monoisotopic (exact) mass is 405 g/mol. The predicted octanol–water partition coefficient (Wildman–Crippen LogP) is 4.32. The summed E-state index contributed by atoms with van der Waals surface area (Å²) >= 11 is 3.35. The van der Waals surface area contributed by atoms with E-state index in [2.05, 4.69) is 54.2 Å². The van der Waals surface area contributed by atoms with Crippen molar-refractivity contribution in [2.75, 3.05) is 19.8 Å². The van der Waals surface area contributed by atoms with Crippen LogP contribution < -0.4 is 14.8 Å². The Morgan fingerprint density at radius 3 is 2.12 bits per heavy atom. The molecule has 0 aromatic heterocycles. The lowest BCUT2D eigenvalue weighted by atomic mass is 9.87. The normalized spacial score (nSPS) is 11.0. The van der Waals surface area contributed by atoms with Gasteiger partial charge in [0.1, 0.15) is 18.1 Å². The quantitative estimate of drug-likeness (QED) is 0.697. The number of rotatable bonds is 7. The molecule has 0 fully saturated rings. The van der Waals surface area contributed by atoms with Gasteiger partial charge in [-0.15, -0.1) is 0 Å². The third-order valence-corrected chi connectivity index (χ3v) is 4.13. The lowest BCUT2D eigenvalue weighted by molar-refractivity contribution is -0.123. The number of ether oxygens (including phenoxy) is 2. The Morgan fingerprint density at radius 1 is 0.960 bits per heavy atom. The molecule has 0 aliphatic carbocycles. The largest absolute Gasteiger partial charge is 0.492 e. The van der Waals surface area contributed by atoms with Crippen LogP contribution in [0.5, 0.6) is 11.5 Å². The fourth-order valence-corrected chi connectivity index (χ4v) is 2.41. The molecule has 2 aromatic carbocycles. The molecule has 0 aliphatic rings. The van der Waals surface area contributed by atoms with Gasteiger partial charge < -0.3 is 14.8 Å². The van der Waals surface area contributed by atoms with Crippen molar-refractivity contribution in [3.63, 3.8) is 0 Å². The van der Waals surface area contributed by atoms with Gasteiger partial charge in [0, 0.05) is 4.47 Å². The number of hydrogen-bond acceptors (Lipinski definition) is 3. The highest BCUT2D eigenvalue weighted by Crippen LogP contribution is 2.24. The van der Waals surface area contributed by atoms with E-state index < -0.39 is 0 Å². The van der Waals surface area contributed by atoms with E-state index in [4.69, 9.17) is 9.47 Å². The first-order chi connectivity index (χ1) is 11.8. The third kappa shape index (κ3) is 6.78. The molecule has 2 aromatic rings. The molecule has 134 valence electrons. The van der Waals surface area contributed by atoms with E-state index in [1.165, 1.54) is 5.56 Å². The summed E-state index contributed by atoms with van der Waals surface area (Å²) in [5, 5.41) is 2.77. The Balaban J connectivity index is 1.65. The fraction of sp³-hybridized carbons (Fsp3) is 0.350. The van der Waals surface area contributed by atoms with Gasteiger partial charge in [-0.25, -0.2) is 0 Å². The van der Waals surface area contributed by atoms with Crippen LogP contribution in [0.1, 0.15) is 26.3 Å². The maximum atomic E-state index is 11.7. The molecule has 0 bridgehead atoms. The Kier molecular flexibility index (Phi) is 6.88. The summed E-state index contributed by atoms with van der Waals surface area (Å²) in [5.74, 6) is 1.29. The van der Waals surface area contributed by atoms with Crippen LogP contribution >= 0.6 is 15.9 Å². The van der Waals surface area contributed by atoms with Gasteiger partial charge in [-0.3, -0.25) is 4.79 Å². The SMILES string of the molecule is CC(C)(C)c1ccc(OCCNC(=O)COc2ccc(Br)cc2)cc1. The van der Waals surface area contributed by atoms with Crippen molar-refractivity contribution in [3.8, 4) is 11.5 Å². The first-order valence-corrected chi connectivity index (χ1v) is 9.02. The molecule has 0 unspecified atom stereocenters. The number of halogens is 1. The Morgan fingerprint density at radius 2 is 1.52 bits per heavy atom. The van der Waals surface area contributed by atoms with Crippen molar-refractivity contribution in [1.82, 2.24) is 5.32 Å². The molecule has 0 aliphatic heterocycles. The van der Waals surface area contributed by atoms with E-state index in [0.717, 1.165) is 10.2 Å². The summed E-state index contributed by atoms with van der Waals surface area (Å²) in [7, 11) is 0. The Bertz CT molecular complexity index is 676. The second-order valence-corrected chi connectivity index (χ2v) is 7.63. The maximum Gasteiger partial charge on any atom is 0.258 e. The molecular formula is C20H24BrNO3. The fourth-order valence-electron chi connectivity index (χ4n) is 2.14. The second-order valence-electron chi connectivity index (χ2n) is 6.72.